The number of rotatable bonds is 10. The summed E-state index contributed by atoms with van der Waals surface area (Å²) in [4.78, 5) is 64.4. The second-order valence-electron chi connectivity index (χ2n) is 26.0. The molecule has 22 heteroatoms. The topological polar surface area (TPSA) is 227 Å². The van der Waals surface area contributed by atoms with E-state index in [9.17, 15) is 46.2 Å². The van der Waals surface area contributed by atoms with Crippen molar-refractivity contribution in [3.63, 3.8) is 0 Å². The second-order valence-corrected chi connectivity index (χ2v) is 29.9. The van der Waals surface area contributed by atoms with Gasteiger partial charge in [-0.3, -0.25) is 19.4 Å². The van der Waals surface area contributed by atoms with Crippen molar-refractivity contribution in [2.45, 2.75) is 76.3 Å². The van der Waals surface area contributed by atoms with E-state index in [0.29, 0.717) is 116 Å². The van der Waals surface area contributed by atoms with Gasteiger partial charge in [0, 0.05) is 113 Å². The molecule has 8 saturated carbocycles. The van der Waals surface area contributed by atoms with Gasteiger partial charge in [0.25, 0.3) is 0 Å². The summed E-state index contributed by atoms with van der Waals surface area (Å²) >= 11 is 0. The number of nitrogens with one attached hydrogen (secondary N) is 2. The van der Waals surface area contributed by atoms with E-state index in [4.69, 9.17) is 0 Å². The van der Waals surface area contributed by atoms with Crippen molar-refractivity contribution in [3.05, 3.63) is 97.1 Å². The Balaban J connectivity index is 0.000000157. The number of carboxylic acid groups (broad SMARTS) is 2. The number of benzene rings is 4. The number of amides is 4. The van der Waals surface area contributed by atoms with Crippen molar-refractivity contribution < 1.29 is 46.2 Å². The summed E-state index contributed by atoms with van der Waals surface area (Å²) in [6.45, 7) is 6.97. The largest absolute Gasteiger partial charge is 0.481 e. The highest BCUT2D eigenvalue weighted by molar-refractivity contribution is 7.88. The summed E-state index contributed by atoms with van der Waals surface area (Å²) in [5.41, 5.74) is 6.73. The molecule has 8 aliphatic carbocycles. The molecule has 4 amide bonds. The average Bonchev–Trinajstić information content (AvgIpc) is 0.985. The van der Waals surface area contributed by atoms with Crippen molar-refractivity contribution in [1.82, 2.24) is 19.2 Å². The zero-order valence-corrected chi connectivity index (χ0v) is 49.6. The number of nitrogens with zero attached hydrogens (tertiary/aromatic N) is 8. The van der Waals surface area contributed by atoms with Gasteiger partial charge in [-0.05, 0) is 173 Å². The van der Waals surface area contributed by atoms with Crippen LogP contribution in [-0.2, 0) is 29.6 Å². The molecule has 448 valence electrons. The minimum Gasteiger partial charge on any atom is -0.481 e. The van der Waals surface area contributed by atoms with Crippen LogP contribution in [0.5, 0.6) is 0 Å². The van der Waals surface area contributed by atoms with Gasteiger partial charge in [0.2, 0.25) is 20.0 Å². The van der Waals surface area contributed by atoms with Crippen LogP contribution in [0.3, 0.4) is 0 Å². The number of piperazine rings is 2. The van der Waals surface area contributed by atoms with Crippen molar-refractivity contribution >= 4 is 89.5 Å². The predicted octanol–water partition coefficient (Wildman–Crippen LogP) is 7.43. The van der Waals surface area contributed by atoms with Gasteiger partial charge in [-0.1, -0.05) is 24.3 Å². The number of sulfonamides is 2. The molecule has 16 rings (SSSR count). The SMILES string of the molecule is CS(=O)(=O)N1CCN(c2ccc(N3CCN(C(=O)NC4C5CC6CC4CC(C(=O)O)(C6)C5)c4ccccc43)cc2)CC1.CS(=O)(=O)N1CCN(c2ccc(N3CCN(C(=O)NC4C5CC6CC4CC(C(=O)O)(C6)C5)c4ccccc43)cc2)CC1. The molecular weight excluding hydrogens is 1110 g/mol. The molecule has 4 aromatic carbocycles. The maximum Gasteiger partial charge on any atom is 0.322 e. The maximum absolute atomic E-state index is 13.7. The van der Waals surface area contributed by atoms with Crippen LogP contribution in [0.4, 0.5) is 55.1 Å². The van der Waals surface area contributed by atoms with Gasteiger partial charge in [-0.2, -0.15) is 8.61 Å². The number of urea groups is 2. The van der Waals surface area contributed by atoms with Crippen LogP contribution >= 0.6 is 0 Å². The van der Waals surface area contributed by atoms with Gasteiger partial charge < -0.3 is 40.4 Å². The average molecular weight is 1190 g/mol. The normalized spacial score (nSPS) is 30.7. The van der Waals surface area contributed by atoms with E-state index < -0.39 is 42.8 Å². The van der Waals surface area contributed by atoms with Gasteiger partial charge >= 0.3 is 24.0 Å². The molecule has 0 aromatic heterocycles. The maximum atomic E-state index is 13.7. The Morgan fingerprint density at radius 1 is 0.417 bits per heavy atom. The molecule has 0 spiro atoms. The highest BCUT2D eigenvalue weighted by Gasteiger charge is 2.60. The molecule has 4 unspecified atom stereocenters. The van der Waals surface area contributed by atoms with Crippen molar-refractivity contribution in [1.29, 1.82) is 0 Å². The third-order valence-electron chi connectivity index (χ3n) is 21.0. The first-order chi connectivity index (χ1) is 40.2. The van der Waals surface area contributed by atoms with E-state index in [1.165, 1.54) is 21.1 Å². The van der Waals surface area contributed by atoms with Gasteiger partial charge in [0.05, 0.1) is 46.1 Å². The van der Waals surface area contributed by atoms with Crippen LogP contribution in [0.15, 0.2) is 97.1 Å². The lowest BCUT2D eigenvalue weighted by atomic mass is 9.48. The highest BCUT2D eigenvalue weighted by Crippen LogP contribution is 2.61. The van der Waals surface area contributed by atoms with Gasteiger partial charge in [-0.15, -0.1) is 0 Å². The summed E-state index contributed by atoms with van der Waals surface area (Å²) in [5.74, 6) is 0.584. The predicted molar refractivity (Wildman–Crippen MR) is 324 cm³/mol. The van der Waals surface area contributed by atoms with Crippen LogP contribution in [0.25, 0.3) is 0 Å². The molecule has 4 N–H and O–H groups in total. The molecule has 4 atom stereocenters. The third kappa shape index (κ3) is 10.5. The van der Waals surface area contributed by atoms with Crippen LogP contribution in [0, 0.1) is 46.3 Å². The Morgan fingerprint density at radius 3 is 1.04 bits per heavy atom. The zero-order chi connectivity index (χ0) is 58.5. The lowest BCUT2D eigenvalue weighted by Crippen LogP contribution is -2.62. The molecular formula is C62H78N10O10S2. The highest BCUT2D eigenvalue weighted by atomic mass is 32.2. The van der Waals surface area contributed by atoms with Crippen LogP contribution in [0.2, 0.25) is 0 Å². The number of carbonyl (C=O) groups excluding carboxylic acids is 2. The monoisotopic (exact) mass is 1190 g/mol. The van der Waals surface area contributed by atoms with Crippen LogP contribution in [0.1, 0.15) is 64.2 Å². The molecule has 20 nitrogen and oxygen atoms in total. The Hall–Kier alpha value is -6.62. The van der Waals surface area contributed by atoms with Crippen LogP contribution < -0.4 is 40.0 Å². The quantitative estimate of drug-likeness (QED) is 0.121. The lowest BCUT2D eigenvalue weighted by molar-refractivity contribution is -0.167. The molecule has 12 aliphatic rings. The van der Waals surface area contributed by atoms with Crippen molar-refractivity contribution in [2.24, 2.45) is 46.3 Å². The first-order valence-corrected chi connectivity index (χ1v) is 33.9. The third-order valence-corrected chi connectivity index (χ3v) is 23.6. The van der Waals surface area contributed by atoms with Gasteiger partial charge in [-0.25, -0.2) is 26.4 Å². The molecule has 4 aliphatic heterocycles. The molecule has 10 fully saturated rings. The Kier molecular flexibility index (Phi) is 14.6. The second kappa shape index (κ2) is 21.7. The molecule has 8 bridgehead atoms. The van der Waals surface area contributed by atoms with E-state index >= 15 is 0 Å². The number of fused-ring (bicyclic) bond motifs is 2. The number of aliphatic carboxylic acids is 2. The minimum absolute atomic E-state index is 0.0403. The summed E-state index contributed by atoms with van der Waals surface area (Å²) < 4.78 is 50.5. The van der Waals surface area contributed by atoms with Crippen LogP contribution in [-0.4, -0.2) is 163 Å². The summed E-state index contributed by atoms with van der Waals surface area (Å²) in [7, 11) is -6.33. The zero-order valence-electron chi connectivity index (χ0n) is 48.0. The first kappa shape index (κ1) is 56.5. The summed E-state index contributed by atoms with van der Waals surface area (Å²) in [5, 5.41) is 26.7. The van der Waals surface area contributed by atoms with E-state index in [2.05, 4.69) is 78.8 Å². The fourth-order valence-corrected chi connectivity index (χ4v) is 19.1. The van der Waals surface area contributed by atoms with Crippen molar-refractivity contribution in [2.75, 3.05) is 120 Å². The van der Waals surface area contributed by atoms with E-state index in [1.54, 1.807) is 0 Å². The number of hydrogen-bond acceptors (Lipinski definition) is 12. The fourth-order valence-electron chi connectivity index (χ4n) is 17.4. The molecule has 4 aromatic rings. The molecule has 84 heavy (non-hydrogen) atoms. The molecule has 2 saturated heterocycles. The number of carboxylic acids is 2. The van der Waals surface area contributed by atoms with E-state index in [0.717, 1.165) is 84.0 Å². The Labute approximate surface area is 492 Å². The van der Waals surface area contributed by atoms with E-state index in [1.807, 2.05) is 58.3 Å². The standard InChI is InChI=1S/2C31H39N5O5S/c2*1-42(40,41)34-12-10-33(11-13-34)24-6-8-25(9-7-24)35-14-15-36(27-5-3-2-4-26(27)35)30(39)32-28-22-16-21-17-23(28)20-31(18-21,19-22)29(37)38/h2*2-9,21-23,28H,10-20H2,1H3,(H,32,39)(H,37,38). The number of carbonyl (C=O) groups is 4. The van der Waals surface area contributed by atoms with Crippen molar-refractivity contribution in [3.8, 4) is 0 Å². The van der Waals surface area contributed by atoms with E-state index in [-0.39, 0.29) is 47.8 Å². The summed E-state index contributed by atoms with van der Waals surface area (Å²) in [6, 6.07) is 32.6. The molecule has 0 radical (unpaired) electrons. The Morgan fingerprint density at radius 2 is 0.726 bits per heavy atom. The Bertz CT molecular complexity index is 3170. The minimum atomic E-state index is -3.16. The smallest absolute Gasteiger partial charge is 0.322 e. The summed E-state index contributed by atoms with van der Waals surface area (Å²) in [6.07, 6.45) is 10.9. The number of para-hydroxylation sites is 4. The first-order valence-electron chi connectivity index (χ1n) is 30.2. The number of hydrogen-bond donors (Lipinski definition) is 4. The lowest BCUT2D eigenvalue weighted by Gasteiger charge is -2.58. The van der Waals surface area contributed by atoms with Gasteiger partial charge in [0.15, 0.2) is 0 Å². The number of anilines is 8. The molecule has 4 heterocycles. The van der Waals surface area contributed by atoms with Gasteiger partial charge in [0.1, 0.15) is 0 Å². The fraction of sp³-hybridized carbons (Fsp3) is 0.548.